The summed E-state index contributed by atoms with van der Waals surface area (Å²) in [6, 6.07) is 14.2. The van der Waals surface area contributed by atoms with E-state index < -0.39 is 0 Å². The molecule has 1 aromatic heterocycles. The number of rotatable bonds is 7. The molecule has 3 rings (SSSR count). The van der Waals surface area contributed by atoms with Crippen molar-refractivity contribution >= 4 is 5.96 Å². The maximum absolute atomic E-state index is 6.12. The summed E-state index contributed by atoms with van der Waals surface area (Å²) in [5, 5.41) is 3.44. The molecule has 1 fully saturated rings. The van der Waals surface area contributed by atoms with E-state index in [1.165, 1.54) is 0 Å². The molecule has 0 radical (unpaired) electrons. The van der Waals surface area contributed by atoms with Crippen LogP contribution in [0.5, 0.6) is 5.75 Å². The van der Waals surface area contributed by atoms with Crippen LogP contribution in [-0.2, 0) is 0 Å². The number of likely N-dealkylation sites (N-methyl/N-ethyl adjacent to an activating group) is 1. The zero-order chi connectivity index (χ0) is 19.8. The van der Waals surface area contributed by atoms with Crippen LogP contribution in [0.1, 0.15) is 31.6 Å². The quantitative estimate of drug-likeness (QED) is 0.586. The van der Waals surface area contributed by atoms with Crippen LogP contribution in [0.15, 0.2) is 58.1 Å². The lowest BCUT2D eigenvalue weighted by atomic mass is 10.1. The van der Waals surface area contributed by atoms with Gasteiger partial charge in [0, 0.05) is 32.5 Å². The zero-order valence-electron chi connectivity index (χ0n) is 17.2. The Kier molecular flexibility index (Phi) is 7.37. The Bertz CT molecular complexity index is 707. The maximum Gasteiger partial charge on any atom is 0.193 e. The van der Waals surface area contributed by atoms with Gasteiger partial charge in [-0.25, -0.2) is 0 Å². The van der Waals surface area contributed by atoms with E-state index in [2.05, 4.69) is 36.1 Å². The SMILES string of the molecule is CCNC(=NCC(c1ccco1)N(C)C)N1CCC(Oc2ccccc2)CC1. The first-order valence-corrected chi connectivity index (χ1v) is 10.1. The van der Waals surface area contributed by atoms with E-state index in [1.807, 2.05) is 42.5 Å². The monoisotopic (exact) mass is 384 g/mol. The number of ether oxygens (including phenoxy) is 1. The molecule has 2 aromatic rings. The number of hydrogen-bond acceptors (Lipinski definition) is 4. The van der Waals surface area contributed by atoms with Crippen LogP contribution >= 0.6 is 0 Å². The van der Waals surface area contributed by atoms with Gasteiger partial charge in [0.25, 0.3) is 0 Å². The van der Waals surface area contributed by atoms with Gasteiger partial charge in [-0.2, -0.15) is 0 Å². The fourth-order valence-corrected chi connectivity index (χ4v) is 3.46. The first-order valence-electron chi connectivity index (χ1n) is 10.1. The zero-order valence-corrected chi connectivity index (χ0v) is 17.2. The number of aliphatic imine (C=N–C) groups is 1. The molecule has 1 unspecified atom stereocenters. The molecule has 1 aliphatic heterocycles. The van der Waals surface area contributed by atoms with Crippen molar-refractivity contribution in [2.75, 3.05) is 40.3 Å². The van der Waals surface area contributed by atoms with Crippen molar-refractivity contribution < 1.29 is 9.15 Å². The minimum Gasteiger partial charge on any atom is -0.490 e. The molecule has 28 heavy (non-hydrogen) atoms. The molecule has 1 atom stereocenters. The molecule has 1 aliphatic rings. The number of nitrogens with one attached hydrogen (secondary N) is 1. The van der Waals surface area contributed by atoms with Gasteiger partial charge in [-0.15, -0.1) is 0 Å². The summed E-state index contributed by atoms with van der Waals surface area (Å²) < 4.78 is 11.7. The van der Waals surface area contributed by atoms with Crippen LogP contribution in [0.2, 0.25) is 0 Å². The van der Waals surface area contributed by atoms with Crippen LogP contribution in [0.3, 0.4) is 0 Å². The molecule has 1 N–H and O–H groups in total. The first-order chi connectivity index (χ1) is 13.7. The van der Waals surface area contributed by atoms with Crippen molar-refractivity contribution in [2.45, 2.75) is 31.9 Å². The molecule has 0 spiro atoms. The Morgan fingerprint density at radius 3 is 2.57 bits per heavy atom. The second-order valence-corrected chi connectivity index (χ2v) is 7.31. The standard InChI is InChI=1S/C22H32N4O2/c1-4-23-22(24-17-20(25(2)3)21-11-8-16-27-21)26-14-12-19(13-15-26)28-18-9-6-5-7-10-18/h5-11,16,19-20H,4,12-15,17H2,1-3H3,(H,23,24). The molecular formula is C22H32N4O2. The Hall–Kier alpha value is -2.47. The number of piperidine rings is 1. The minimum atomic E-state index is 0.127. The highest BCUT2D eigenvalue weighted by Gasteiger charge is 2.23. The van der Waals surface area contributed by atoms with Crippen LogP contribution in [0.25, 0.3) is 0 Å². The fraction of sp³-hybridized carbons (Fsp3) is 0.500. The Balaban J connectivity index is 1.58. The van der Waals surface area contributed by atoms with Gasteiger partial charge >= 0.3 is 0 Å². The highest BCUT2D eigenvalue weighted by Crippen LogP contribution is 2.21. The van der Waals surface area contributed by atoms with Gasteiger partial charge in [-0.1, -0.05) is 18.2 Å². The summed E-state index contributed by atoms with van der Waals surface area (Å²) in [5.74, 6) is 2.87. The molecule has 0 saturated carbocycles. The van der Waals surface area contributed by atoms with E-state index in [-0.39, 0.29) is 12.1 Å². The van der Waals surface area contributed by atoms with Gasteiger partial charge < -0.3 is 19.4 Å². The molecule has 152 valence electrons. The molecule has 0 aliphatic carbocycles. The smallest absolute Gasteiger partial charge is 0.193 e. The van der Waals surface area contributed by atoms with Gasteiger partial charge in [0.05, 0.1) is 18.8 Å². The van der Waals surface area contributed by atoms with E-state index >= 15 is 0 Å². The summed E-state index contributed by atoms with van der Waals surface area (Å²) in [7, 11) is 4.12. The van der Waals surface area contributed by atoms with Crippen molar-refractivity contribution in [3.8, 4) is 5.75 Å². The van der Waals surface area contributed by atoms with Gasteiger partial charge in [-0.3, -0.25) is 9.89 Å². The second kappa shape index (κ2) is 10.2. The van der Waals surface area contributed by atoms with Gasteiger partial charge in [-0.05, 0) is 45.3 Å². The summed E-state index contributed by atoms with van der Waals surface area (Å²) >= 11 is 0. The number of nitrogens with zero attached hydrogens (tertiary/aromatic N) is 3. The number of likely N-dealkylation sites (tertiary alicyclic amines) is 1. The van der Waals surface area contributed by atoms with Crippen LogP contribution in [0, 0.1) is 0 Å². The molecular weight excluding hydrogens is 352 g/mol. The average Bonchev–Trinajstić information content (AvgIpc) is 3.23. The molecule has 1 aromatic carbocycles. The molecule has 0 bridgehead atoms. The average molecular weight is 385 g/mol. The predicted molar refractivity (Wildman–Crippen MR) is 113 cm³/mol. The number of para-hydroxylation sites is 1. The summed E-state index contributed by atoms with van der Waals surface area (Å²) in [4.78, 5) is 9.39. The Morgan fingerprint density at radius 1 is 1.21 bits per heavy atom. The Morgan fingerprint density at radius 2 is 1.96 bits per heavy atom. The van der Waals surface area contributed by atoms with E-state index in [0.717, 1.165) is 49.9 Å². The molecule has 0 amide bonds. The first kappa shape index (κ1) is 20.3. The molecule has 2 heterocycles. The lowest BCUT2D eigenvalue weighted by molar-refractivity contribution is 0.129. The van der Waals surface area contributed by atoms with Gasteiger partial charge in [0.15, 0.2) is 5.96 Å². The van der Waals surface area contributed by atoms with E-state index in [0.29, 0.717) is 6.54 Å². The maximum atomic E-state index is 6.12. The molecule has 1 saturated heterocycles. The largest absolute Gasteiger partial charge is 0.490 e. The van der Waals surface area contributed by atoms with Crippen LogP contribution in [0.4, 0.5) is 0 Å². The topological polar surface area (TPSA) is 53.2 Å². The number of guanidine groups is 1. The number of hydrogen-bond donors (Lipinski definition) is 1. The lowest BCUT2D eigenvalue weighted by Crippen LogP contribution is -2.47. The van der Waals surface area contributed by atoms with E-state index in [1.54, 1.807) is 6.26 Å². The highest BCUT2D eigenvalue weighted by molar-refractivity contribution is 5.80. The number of furan rings is 1. The van der Waals surface area contributed by atoms with Crippen molar-refractivity contribution in [3.05, 3.63) is 54.5 Å². The summed E-state index contributed by atoms with van der Waals surface area (Å²) in [6.07, 6.45) is 3.97. The molecule has 6 nitrogen and oxygen atoms in total. The van der Waals surface area contributed by atoms with Crippen LogP contribution < -0.4 is 10.1 Å². The van der Waals surface area contributed by atoms with Crippen molar-refractivity contribution in [3.63, 3.8) is 0 Å². The third kappa shape index (κ3) is 5.52. The fourth-order valence-electron chi connectivity index (χ4n) is 3.46. The van der Waals surface area contributed by atoms with Gasteiger partial charge in [0.2, 0.25) is 0 Å². The number of benzene rings is 1. The van der Waals surface area contributed by atoms with Crippen LogP contribution in [-0.4, -0.2) is 62.1 Å². The van der Waals surface area contributed by atoms with E-state index in [4.69, 9.17) is 14.1 Å². The normalized spacial score (nSPS) is 17.0. The van der Waals surface area contributed by atoms with Crippen molar-refractivity contribution in [1.29, 1.82) is 0 Å². The second-order valence-electron chi connectivity index (χ2n) is 7.31. The summed E-state index contributed by atoms with van der Waals surface area (Å²) in [5.41, 5.74) is 0. The third-order valence-electron chi connectivity index (χ3n) is 5.03. The summed E-state index contributed by atoms with van der Waals surface area (Å²) in [6.45, 7) is 5.50. The lowest BCUT2D eigenvalue weighted by Gasteiger charge is -2.34. The predicted octanol–water partition coefficient (Wildman–Crippen LogP) is 3.39. The van der Waals surface area contributed by atoms with Crippen molar-refractivity contribution in [2.24, 2.45) is 4.99 Å². The van der Waals surface area contributed by atoms with E-state index in [9.17, 15) is 0 Å². The third-order valence-corrected chi connectivity index (χ3v) is 5.03. The van der Waals surface area contributed by atoms with Crippen molar-refractivity contribution in [1.82, 2.24) is 15.1 Å². The van der Waals surface area contributed by atoms with Gasteiger partial charge in [0.1, 0.15) is 17.6 Å². The molecule has 6 heteroatoms. The highest BCUT2D eigenvalue weighted by atomic mass is 16.5. The minimum absolute atomic E-state index is 0.127. The Labute approximate surface area is 168 Å².